The van der Waals surface area contributed by atoms with Crippen molar-refractivity contribution in [2.45, 2.75) is 6.04 Å². The fraction of sp³-hybridized carbons (Fsp3) is 0.250. The molecule has 0 fully saturated rings. The average Bonchev–Trinajstić information content (AvgIpc) is 2.97. The molecule has 0 saturated carbocycles. The van der Waals surface area contributed by atoms with Crippen LogP contribution in [0.3, 0.4) is 0 Å². The van der Waals surface area contributed by atoms with Crippen molar-refractivity contribution in [1.82, 2.24) is 10.2 Å². The van der Waals surface area contributed by atoms with Gasteiger partial charge in [0.05, 0.1) is 16.5 Å². The van der Waals surface area contributed by atoms with E-state index in [0.717, 1.165) is 16.9 Å². The standard InChI is InChI=1S/C16H17FN2O3S/c1-19(2)8-13(10-3-5-12(17)6-4-10)18-15(20)14-7-11(9-23-14)16(21)22/h3-7,9,13H,8H2,1-2H3,(H,18,20)(H,21,22). The number of amides is 1. The summed E-state index contributed by atoms with van der Waals surface area (Å²) in [6.45, 7) is 0.536. The van der Waals surface area contributed by atoms with E-state index in [1.54, 1.807) is 12.1 Å². The molecule has 0 aliphatic carbocycles. The number of nitrogens with zero attached hydrogens (tertiary/aromatic N) is 1. The molecule has 2 aromatic rings. The van der Waals surface area contributed by atoms with Crippen LogP contribution in [0.25, 0.3) is 0 Å². The summed E-state index contributed by atoms with van der Waals surface area (Å²) in [6.07, 6.45) is 0. The summed E-state index contributed by atoms with van der Waals surface area (Å²) in [7, 11) is 3.74. The number of carbonyl (C=O) groups excluding carboxylic acids is 1. The first-order valence-corrected chi connectivity index (χ1v) is 7.77. The fourth-order valence-corrected chi connectivity index (χ4v) is 2.88. The van der Waals surface area contributed by atoms with Crippen LogP contribution in [0.2, 0.25) is 0 Å². The third kappa shape index (κ3) is 4.61. The fourth-order valence-electron chi connectivity index (χ4n) is 2.09. The van der Waals surface area contributed by atoms with Crippen molar-refractivity contribution >= 4 is 23.2 Å². The Bertz CT molecular complexity index is 698. The van der Waals surface area contributed by atoms with E-state index in [4.69, 9.17) is 5.11 Å². The first kappa shape index (κ1) is 17.1. The van der Waals surface area contributed by atoms with Gasteiger partial charge in [0.1, 0.15) is 5.82 Å². The molecular formula is C16H17FN2O3S. The molecule has 122 valence electrons. The zero-order valence-electron chi connectivity index (χ0n) is 12.7. The maximum Gasteiger partial charge on any atom is 0.336 e. The molecule has 1 atom stereocenters. The largest absolute Gasteiger partial charge is 0.478 e. The Balaban J connectivity index is 2.17. The molecule has 0 radical (unpaired) electrons. The molecule has 0 aliphatic heterocycles. The molecule has 1 amide bonds. The number of likely N-dealkylation sites (N-methyl/N-ethyl adjacent to an activating group) is 1. The van der Waals surface area contributed by atoms with E-state index in [-0.39, 0.29) is 23.3 Å². The lowest BCUT2D eigenvalue weighted by molar-refractivity contribution is 0.0697. The molecule has 0 spiro atoms. The number of benzene rings is 1. The van der Waals surface area contributed by atoms with Gasteiger partial charge in [0.2, 0.25) is 0 Å². The van der Waals surface area contributed by atoms with Crippen molar-refractivity contribution < 1.29 is 19.1 Å². The predicted molar refractivity (Wildman–Crippen MR) is 86.4 cm³/mol. The van der Waals surface area contributed by atoms with Gasteiger partial charge in [0.25, 0.3) is 5.91 Å². The number of aromatic carboxylic acids is 1. The third-order valence-electron chi connectivity index (χ3n) is 3.20. The van der Waals surface area contributed by atoms with Crippen molar-refractivity contribution in [3.8, 4) is 0 Å². The summed E-state index contributed by atoms with van der Waals surface area (Å²) in [5.74, 6) is -1.75. The molecule has 0 bridgehead atoms. The van der Waals surface area contributed by atoms with Gasteiger partial charge in [-0.25, -0.2) is 9.18 Å². The Kier molecular flexibility index (Phi) is 5.46. The molecular weight excluding hydrogens is 319 g/mol. The maximum atomic E-state index is 13.1. The van der Waals surface area contributed by atoms with E-state index in [2.05, 4.69) is 5.32 Å². The number of hydrogen-bond acceptors (Lipinski definition) is 4. The molecule has 23 heavy (non-hydrogen) atoms. The van der Waals surface area contributed by atoms with Crippen LogP contribution in [-0.2, 0) is 0 Å². The van der Waals surface area contributed by atoms with E-state index in [1.165, 1.54) is 23.6 Å². The van der Waals surface area contributed by atoms with E-state index in [9.17, 15) is 14.0 Å². The second kappa shape index (κ2) is 7.34. The third-order valence-corrected chi connectivity index (χ3v) is 4.12. The Labute approximate surface area is 137 Å². The average molecular weight is 336 g/mol. The summed E-state index contributed by atoms with van der Waals surface area (Å²) in [4.78, 5) is 25.5. The number of carboxylic acids is 1. The van der Waals surface area contributed by atoms with Crippen LogP contribution in [0.5, 0.6) is 0 Å². The van der Waals surface area contributed by atoms with Crippen LogP contribution in [-0.4, -0.2) is 42.5 Å². The lowest BCUT2D eigenvalue weighted by Gasteiger charge is -2.22. The zero-order chi connectivity index (χ0) is 17.0. The van der Waals surface area contributed by atoms with E-state index in [0.29, 0.717) is 11.4 Å². The monoisotopic (exact) mass is 336 g/mol. The Morgan fingerprint density at radius 1 is 1.30 bits per heavy atom. The number of carboxylic acid groups (broad SMARTS) is 1. The van der Waals surface area contributed by atoms with Crippen molar-refractivity contribution in [3.05, 3.63) is 57.5 Å². The number of nitrogens with one attached hydrogen (secondary N) is 1. The van der Waals surface area contributed by atoms with Crippen molar-refractivity contribution in [2.75, 3.05) is 20.6 Å². The number of rotatable bonds is 6. The highest BCUT2D eigenvalue weighted by Gasteiger charge is 2.19. The molecule has 5 nitrogen and oxygen atoms in total. The van der Waals surface area contributed by atoms with Crippen molar-refractivity contribution in [2.24, 2.45) is 0 Å². The lowest BCUT2D eigenvalue weighted by Crippen LogP contribution is -2.35. The Morgan fingerprint density at radius 2 is 1.96 bits per heavy atom. The van der Waals surface area contributed by atoms with Gasteiger partial charge in [-0.05, 0) is 37.9 Å². The van der Waals surface area contributed by atoms with Gasteiger partial charge >= 0.3 is 5.97 Å². The van der Waals surface area contributed by atoms with Gasteiger partial charge in [-0.1, -0.05) is 12.1 Å². The molecule has 1 heterocycles. The van der Waals surface area contributed by atoms with Gasteiger partial charge in [-0.15, -0.1) is 11.3 Å². The first-order chi connectivity index (χ1) is 10.9. The molecule has 0 aliphatic rings. The number of thiophene rings is 1. The van der Waals surface area contributed by atoms with Gasteiger partial charge in [-0.3, -0.25) is 4.79 Å². The number of halogens is 1. The quantitative estimate of drug-likeness (QED) is 0.851. The molecule has 1 aromatic carbocycles. The summed E-state index contributed by atoms with van der Waals surface area (Å²) >= 11 is 1.08. The zero-order valence-corrected chi connectivity index (χ0v) is 13.6. The van der Waals surface area contributed by atoms with Gasteiger partial charge in [0.15, 0.2) is 0 Å². The van der Waals surface area contributed by atoms with Crippen LogP contribution in [0.15, 0.2) is 35.7 Å². The van der Waals surface area contributed by atoms with Crippen LogP contribution < -0.4 is 5.32 Å². The van der Waals surface area contributed by atoms with Crippen molar-refractivity contribution in [3.63, 3.8) is 0 Å². The molecule has 0 saturated heterocycles. The molecule has 2 rings (SSSR count). The molecule has 7 heteroatoms. The topological polar surface area (TPSA) is 69.6 Å². The first-order valence-electron chi connectivity index (χ1n) is 6.89. The summed E-state index contributed by atoms with van der Waals surface area (Å²) in [5, 5.41) is 13.2. The molecule has 1 unspecified atom stereocenters. The smallest absolute Gasteiger partial charge is 0.336 e. The summed E-state index contributed by atoms with van der Waals surface area (Å²) < 4.78 is 13.1. The van der Waals surface area contributed by atoms with Gasteiger partial charge < -0.3 is 15.3 Å². The minimum absolute atomic E-state index is 0.0890. The van der Waals surface area contributed by atoms with Crippen molar-refractivity contribution in [1.29, 1.82) is 0 Å². The van der Waals surface area contributed by atoms with Crippen LogP contribution in [0.4, 0.5) is 4.39 Å². The van der Waals surface area contributed by atoms with Crippen LogP contribution >= 0.6 is 11.3 Å². The van der Waals surface area contributed by atoms with E-state index >= 15 is 0 Å². The van der Waals surface area contributed by atoms with Crippen LogP contribution in [0.1, 0.15) is 31.6 Å². The summed E-state index contributed by atoms with van der Waals surface area (Å²) in [6, 6.07) is 6.96. The molecule has 2 N–H and O–H groups in total. The van der Waals surface area contributed by atoms with Gasteiger partial charge in [-0.2, -0.15) is 0 Å². The normalized spacial score (nSPS) is 12.2. The maximum absolute atomic E-state index is 13.1. The highest BCUT2D eigenvalue weighted by atomic mass is 32.1. The second-order valence-electron chi connectivity index (χ2n) is 5.34. The second-order valence-corrected chi connectivity index (χ2v) is 6.26. The summed E-state index contributed by atoms with van der Waals surface area (Å²) in [5.41, 5.74) is 0.870. The number of hydrogen-bond donors (Lipinski definition) is 2. The minimum Gasteiger partial charge on any atom is -0.478 e. The highest BCUT2D eigenvalue weighted by molar-refractivity contribution is 7.12. The molecule has 1 aromatic heterocycles. The highest BCUT2D eigenvalue weighted by Crippen LogP contribution is 2.19. The van der Waals surface area contributed by atoms with Gasteiger partial charge in [0, 0.05) is 11.9 Å². The van der Waals surface area contributed by atoms with Crippen LogP contribution in [0, 0.1) is 5.82 Å². The number of carbonyl (C=O) groups is 2. The van der Waals surface area contributed by atoms with E-state index < -0.39 is 5.97 Å². The minimum atomic E-state index is -1.07. The Hall–Kier alpha value is -2.25. The SMILES string of the molecule is CN(C)CC(NC(=O)c1cc(C(=O)O)cs1)c1ccc(F)cc1. The Morgan fingerprint density at radius 3 is 2.48 bits per heavy atom. The van der Waals surface area contributed by atoms with E-state index in [1.807, 2.05) is 19.0 Å². The lowest BCUT2D eigenvalue weighted by atomic mass is 10.1. The predicted octanol–water partition coefficient (Wildman–Crippen LogP) is 2.62.